The number of hydrogen-bond acceptors (Lipinski definition) is 3. The average molecular weight is 301 g/mol. The highest BCUT2D eigenvalue weighted by atomic mass is 19.1. The molecular formula is C16H16FN3O2. The van der Waals surface area contributed by atoms with Crippen LogP contribution in [0.2, 0.25) is 0 Å². The summed E-state index contributed by atoms with van der Waals surface area (Å²) >= 11 is 0. The van der Waals surface area contributed by atoms with Crippen molar-refractivity contribution < 1.29 is 14.0 Å². The van der Waals surface area contributed by atoms with Crippen molar-refractivity contribution in [2.75, 3.05) is 0 Å². The molecule has 0 aliphatic heterocycles. The molecular weight excluding hydrogens is 285 g/mol. The first kappa shape index (κ1) is 15.6. The maximum Gasteiger partial charge on any atom is 0.251 e. The van der Waals surface area contributed by atoms with Crippen molar-refractivity contribution in [2.24, 2.45) is 0 Å². The van der Waals surface area contributed by atoms with E-state index in [4.69, 9.17) is 0 Å². The molecule has 1 aromatic carbocycles. The summed E-state index contributed by atoms with van der Waals surface area (Å²) in [5.74, 6) is -1.15. The van der Waals surface area contributed by atoms with Gasteiger partial charge in [0, 0.05) is 24.5 Å². The summed E-state index contributed by atoms with van der Waals surface area (Å²) < 4.78 is 12.8. The highest BCUT2D eigenvalue weighted by Crippen LogP contribution is 2.03. The lowest BCUT2D eigenvalue weighted by atomic mass is 10.2. The van der Waals surface area contributed by atoms with Gasteiger partial charge in [-0.05, 0) is 42.8 Å². The van der Waals surface area contributed by atoms with Gasteiger partial charge in [-0.25, -0.2) is 4.39 Å². The smallest absolute Gasteiger partial charge is 0.251 e. The SMILES string of the molecule is C[C@H](NC(=O)c1ccc(F)cc1)C(=O)NCc1cccnc1. The quantitative estimate of drug-likeness (QED) is 0.882. The zero-order valence-corrected chi connectivity index (χ0v) is 12.0. The van der Waals surface area contributed by atoms with E-state index in [2.05, 4.69) is 15.6 Å². The fraction of sp³-hybridized carbons (Fsp3) is 0.188. The molecule has 1 aromatic heterocycles. The zero-order chi connectivity index (χ0) is 15.9. The molecule has 0 fully saturated rings. The van der Waals surface area contributed by atoms with Crippen LogP contribution in [0.1, 0.15) is 22.8 Å². The van der Waals surface area contributed by atoms with Crippen LogP contribution in [0, 0.1) is 5.82 Å². The van der Waals surface area contributed by atoms with Crippen LogP contribution < -0.4 is 10.6 Å². The van der Waals surface area contributed by atoms with Crippen LogP contribution in [-0.2, 0) is 11.3 Å². The van der Waals surface area contributed by atoms with Gasteiger partial charge in [-0.1, -0.05) is 6.07 Å². The molecule has 2 aromatic rings. The van der Waals surface area contributed by atoms with Gasteiger partial charge in [0.2, 0.25) is 5.91 Å². The summed E-state index contributed by atoms with van der Waals surface area (Å²) in [5, 5.41) is 5.27. The molecule has 5 nitrogen and oxygen atoms in total. The fourth-order valence-corrected chi connectivity index (χ4v) is 1.79. The van der Waals surface area contributed by atoms with Gasteiger partial charge in [-0.3, -0.25) is 14.6 Å². The number of amides is 2. The molecule has 0 unspecified atom stereocenters. The van der Waals surface area contributed by atoms with Crippen LogP contribution in [0.4, 0.5) is 4.39 Å². The van der Waals surface area contributed by atoms with Crippen molar-refractivity contribution in [3.8, 4) is 0 Å². The third kappa shape index (κ3) is 4.37. The Labute approximate surface area is 127 Å². The maximum atomic E-state index is 12.8. The van der Waals surface area contributed by atoms with E-state index in [1.165, 1.54) is 24.3 Å². The molecule has 0 bridgehead atoms. The van der Waals surface area contributed by atoms with Crippen LogP contribution in [0.25, 0.3) is 0 Å². The second-order valence-electron chi connectivity index (χ2n) is 4.78. The number of carbonyl (C=O) groups is 2. The monoisotopic (exact) mass is 301 g/mol. The van der Waals surface area contributed by atoms with Crippen molar-refractivity contribution in [1.29, 1.82) is 0 Å². The number of pyridine rings is 1. The molecule has 2 amide bonds. The molecule has 0 aliphatic carbocycles. The van der Waals surface area contributed by atoms with Gasteiger partial charge in [-0.15, -0.1) is 0 Å². The van der Waals surface area contributed by atoms with E-state index in [9.17, 15) is 14.0 Å². The number of nitrogens with one attached hydrogen (secondary N) is 2. The second-order valence-corrected chi connectivity index (χ2v) is 4.78. The van der Waals surface area contributed by atoms with Crippen molar-refractivity contribution in [1.82, 2.24) is 15.6 Å². The Balaban J connectivity index is 1.85. The molecule has 22 heavy (non-hydrogen) atoms. The second kappa shape index (κ2) is 7.31. The van der Waals surface area contributed by atoms with E-state index in [0.717, 1.165) is 5.56 Å². The summed E-state index contributed by atoms with van der Waals surface area (Å²) in [7, 11) is 0. The molecule has 114 valence electrons. The topological polar surface area (TPSA) is 71.1 Å². The molecule has 6 heteroatoms. The van der Waals surface area contributed by atoms with Crippen molar-refractivity contribution in [3.63, 3.8) is 0 Å². The van der Waals surface area contributed by atoms with E-state index in [1.54, 1.807) is 25.4 Å². The first-order chi connectivity index (χ1) is 10.6. The minimum Gasteiger partial charge on any atom is -0.350 e. The van der Waals surface area contributed by atoms with Crippen LogP contribution in [0.15, 0.2) is 48.8 Å². The highest BCUT2D eigenvalue weighted by molar-refractivity contribution is 5.97. The molecule has 2 rings (SSSR count). The third-order valence-corrected chi connectivity index (χ3v) is 3.04. The predicted molar refractivity (Wildman–Crippen MR) is 79.4 cm³/mol. The Hall–Kier alpha value is -2.76. The van der Waals surface area contributed by atoms with Crippen LogP contribution in [-0.4, -0.2) is 22.8 Å². The van der Waals surface area contributed by atoms with E-state index in [0.29, 0.717) is 12.1 Å². The Morgan fingerprint density at radius 1 is 1.23 bits per heavy atom. The Kier molecular flexibility index (Phi) is 5.19. The molecule has 0 saturated heterocycles. The van der Waals surface area contributed by atoms with Gasteiger partial charge in [0.15, 0.2) is 0 Å². The number of aromatic nitrogens is 1. The van der Waals surface area contributed by atoms with Crippen molar-refractivity contribution in [3.05, 3.63) is 65.7 Å². The number of benzene rings is 1. The lowest BCUT2D eigenvalue weighted by Gasteiger charge is -2.14. The first-order valence-electron chi connectivity index (χ1n) is 6.79. The van der Waals surface area contributed by atoms with E-state index in [-0.39, 0.29) is 5.91 Å². The fourth-order valence-electron chi connectivity index (χ4n) is 1.79. The third-order valence-electron chi connectivity index (χ3n) is 3.04. The van der Waals surface area contributed by atoms with Crippen LogP contribution in [0.3, 0.4) is 0 Å². The van der Waals surface area contributed by atoms with Gasteiger partial charge in [0.05, 0.1) is 0 Å². The summed E-state index contributed by atoms with van der Waals surface area (Å²) in [5.41, 5.74) is 1.17. The number of halogens is 1. The largest absolute Gasteiger partial charge is 0.350 e. The minimum absolute atomic E-state index is 0.299. The average Bonchev–Trinajstić information content (AvgIpc) is 2.54. The lowest BCUT2D eigenvalue weighted by molar-refractivity contribution is -0.122. The van der Waals surface area contributed by atoms with Crippen molar-refractivity contribution >= 4 is 11.8 Å². The number of rotatable bonds is 5. The molecule has 1 atom stereocenters. The highest BCUT2D eigenvalue weighted by Gasteiger charge is 2.16. The van der Waals surface area contributed by atoms with Gasteiger partial charge in [-0.2, -0.15) is 0 Å². The first-order valence-corrected chi connectivity index (χ1v) is 6.79. The summed E-state index contributed by atoms with van der Waals surface area (Å²) in [6.45, 7) is 1.92. The Bertz CT molecular complexity index is 644. The van der Waals surface area contributed by atoms with Crippen LogP contribution >= 0.6 is 0 Å². The van der Waals surface area contributed by atoms with Crippen LogP contribution in [0.5, 0.6) is 0 Å². The molecule has 0 radical (unpaired) electrons. The normalized spacial score (nSPS) is 11.5. The molecule has 0 saturated carbocycles. The summed E-state index contributed by atoms with van der Waals surface area (Å²) in [6, 6.07) is 8.05. The summed E-state index contributed by atoms with van der Waals surface area (Å²) in [6.07, 6.45) is 3.30. The van der Waals surface area contributed by atoms with Gasteiger partial charge < -0.3 is 10.6 Å². The van der Waals surface area contributed by atoms with Gasteiger partial charge in [0.25, 0.3) is 5.91 Å². The van der Waals surface area contributed by atoms with E-state index < -0.39 is 17.8 Å². The zero-order valence-electron chi connectivity index (χ0n) is 12.0. The van der Waals surface area contributed by atoms with E-state index >= 15 is 0 Å². The minimum atomic E-state index is -0.700. The van der Waals surface area contributed by atoms with Crippen molar-refractivity contribution in [2.45, 2.75) is 19.5 Å². The summed E-state index contributed by atoms with van der Waals surface area (Å²) in [4.78, 5) is 27.8. The van der Waals surface area contributed by atoms with Gasteiger partial charge >= 0.3 is 0 Å². The number of carbonyl (C=O) groups excluding carboxylic acids is 2. The molecule has 0 spiro atoms. The number of hydrogen-bond donors (Lipinski definition) is 2. The number of nitrogens with zero attached hydrogens (tertiary/aromatic N) is 1. The lowest BCUT2D eigenvalue weighted by Crippen LogP contribution is -2.44. The molecule has 1 heterocycles. The molecule has 0 aliphatic rings. The standard InChI is InChI=1S/C16H16FN3O2/c1-11(15(21)19-10-12-3-2-8-18-9-12)20-16(22)13-4-6-14(17)7-5-13/h2-9,11H,10H2,1H3,(H,19,21)(H,20,22)/t11-/m0/s1. The molecule has 2 N–H and O–H groups in total. The van der Waals surface area contributed by atoms with E-state index in [1.807, 2.05) is 6.07 Å². The predicted octanol–water partition coefficient (Wildman–Crippen LogP) is 1.66. The van der Waals surface area contributed by atoms with Gasteiger partial charge in [0.1, 0.15) is 11.9 Å². The maximum absolute atomic E-state index is 12.8. The Morgan fingerprint density at radius 2 is 1.95 bits per heavy atom. The Morgan fingerprint density at radius 3 is 2.59 bits per heavy atom.